The molecule has 1 N–H and O–H groups in total. The van der Waals surface area contributed by atoms with Crippen molar-refractivity contribution < 1.29 is 5.11 Å². The summed E-state index contributed by atoms with van der Waals surface area (Å²) in [4.78, 5) is 4.51. The summed E-state index contributed by atoms with van der Waals surface area (Å²) in [5, 5.41) is 18.6. The van der Waals surface area contributed by atoms with Crippen molar-refractivity contribution in [3.05, 3.63) is 83.9 Å². The van der Waals surface area contributed by atoms with E-state index in [2.05, 4.69) is 27.4 Å². The van der Waals surface area contributed by atoms with Gasteiger partial charge in [0.05, 0.1) is 17.1 Å². The van der Waals surface area contributed by atoms with Crippen LogP contribution in [0.3, 0.4) is 0 Å². The molecule has 3 aromatic carbocycles. The number of hydrogen-bond acceptors (Lipinski definition) is 4. The van der Waals surface area contributed by atoms with Crippen LogP contribution in [0.15, 0.2) is 88.0 Å². The summed E-state index contributed by atoms with van der Waals surface area (Å²) in [6, 6.07) is 23.1. The van der Waals surface area contributed by atoms with Crippen LogP contribution < -0.4 is 0 Å². The number of rotatable bonds is 5. The van der Waals surface area contributed by atoms with Crippen molar-refractivity contribution in [2.45, 2.75) is 31.6 Å². The monoisotopic (exact) mass is 369 g/mol. The third kappa shape index (κ3) is 4.52. The van der Waals surface area contributed by atoms with Gasteiger partial charge in [0.25, 0.3) is 0 Å². The summed E-state index contributed by atoms with van der Waals surface area (Å²) in [6.07, 6.45) is 6.92. The fourth-order valence-electron chi connectivity index (χ4n) is 3.55. The predicted octanol–water partition coefficient (Wildman–Crippen LogP) is 7.22. The van der Waals surface area contributed by atoms with E-state index in [0.29, 0.717) is 17.2 Å². The number of aliphatic imine (C=N–C) groups is 1. The zero-order chi connectivity index (χ0) is 19.2. The minimum absolute atomic E-state index is 0.171. The molecule has 0 aromatic heterocycles. The van der Waals surface area contributed by atoms with Crippen LogP contribution in [-0.4, -0.2) is 11.3 Å². The van der Waals surface area contributed by atoms with Crippen molar-refractivity contribution in [1.29, 1.82) is 0 Å². The molecule has 0 aliphatic heterocycles. The van der Waals surface area contributed by atoms with Gasteiger partial charge >= 0.3 is 0 Å². The number of benzene rings is 3. The predicted molar refractivity (Wildman–Crippen MR) is 114 cm³/mol. The Bertz CT molecular complexity index is 972. The van der Waals surface area contributed by atoms with Crippen LogP contribution in [0, 0.1) is 0 Å². The van der Waals surface area contributed by atoms with Crippen LogP contribution in [0.5, 0.6) is 5.75 Å². The molecule has 4 rings (SSSR count). The third-order valence-corrected chi connectivity index (χ3v) is 5.12. The quantitative estimate of drug-likeness (QED) is 0.375. The molecule has 0 atom stereocenters. The molecule has 0 bridgehead atoms. The second kappa shape index (κ2) is 8.61. The minimum Gasteiger partial charge on any atom is -0.507 e. The van der Waals surface area contributed by atoms with Crippen molar-refractivity contribution in [1.82, 2.24) is 0 Å². The van der Waals surface area contributed by atoms with Crippen LogP contribution in [0.25, 0.3) is 0 Å². The molecule has 0 radical (unpaired) electrons. The van der Waals surface area contributed by atoms with Crippen molar-refractivity contribution >= 4 is 23.3 Å². The molecule has 140 valence electrons. The molecule has 1 fully saturated rings. The summed E-state index contributed by atoms with van der Waals surface area (Å²) in [6.45, 7) is 0. The molecule has 4 nitrogen and oxygen atoms in total. The standard InChI is InChI=1S/C24H23N3O/c28-24-15-14-23(27-26-22-8-2-1-3-9-22)16-20(24)17-25-21-12-10-19(11-13-21)18-6-4-5-7-18/h1-3,8-18,28H,4-7H2. The molecular formula is C24H23N3O. The largest absolute Gasteiger partial charge is 0.507 e. The number of phenols is 1. The minimum atomic E-state index is 0.171. The first-order valence-corrected chi connectivity index (χ1v) is 9.72. The number of azo groups is 1. The summed E-state index contributed by atoms with van der Waals surface area (Å²) in [5.74, 6) is 0.874. The average Bonchev–Trinajstić information content (AvgIpc) is 3.28. The maximum atomic E-state index is 10.1. The molecule has 0 heterocycles. The average molecular weight is 369 g/mol. The van der Waals surface area contributed by atoms with E-state index in [1.165, 1.54) is 31.2 Å². The second-order valence-corrected chi connectivity index (χ2v) is 7.11. The van der Waals surface area contributed by atoms with E-state index >= 15 is 0 Å². The Labute approximate surface area is 165 Å². The molecule has 0 saturated heterocycles. The molecule has 1 aliphatic rings. The van der Waals surface area contributed by atoms with E-state index in [4.69, 9.17) is 0 Å². The Hall–Kier alpha value is -3.27. The smallest absolute Gasteiger partial charge is 0.124 e. The van der Waals surface area contributed by atoms with Gasteiger partial charge in [0.2, 0.25) is 0 Å². The van der Waals surface area contributed by atoms with Gasteiger partial charge < -0.3 is 5.11 Å². The van der Waals surface area contributed by atoms with Crippen molar-refractivity contribution in [3.8, 4) is 5.75 Å². The van der Waals surface area contributed by atoms with E-state index in [1.807, 2.05) is 42.5 Å². The first kappa shape index (κ1) is 18.1. The summed E-state index contributed by atoms with van der Waals surface area (Å²) in [7, 11) is 0. The van der Waals surface area contributed by atoms with E-state index < -0.39 is 0 Å². The van der Waals surface area contributed by atoms with Gasteiger partial charge in [-0.3, -0.25) is 4.99 Å². The number of hydrogen-bond donors (Lipinski definition) is 1. The van der Waals surface area contributed by atoms with Crippen LogP contribution in [0.1, 0.15) is 42.7 Å². The summed E-state index contributed by atoms with van der Waals surface area (Å²) >= 11 is 0. The van der Waals surface area contributed by atoms with Gasteiger partial charge in [-0.25, -0.2) is 0 Å². The highest BCUT2D eigenvalue weighted by Gasteiger charge is 2.16. The van der Waals surface area contributed by atoms with Gasteiger partial charge in [-0.2, -0.15) is 10.2 Å². The van der Waals surface area contributed by atoms with E-state index in [1.54, 1.807) is 24.4 Å². The molecular weight excluding hydrogens is 346 g/mol. The van der Waals surface area contributed by atoms with E-state index in [9.17, 15) is 5.11 Å². The Morgan fingerprint density at radius 3 is 2.18 bits per heavy atom. The van der Waals surface area contributed by atoms with E-state index in [0.717, 1.165) is 11.4 Å². The van der Waals surface area contributed by atoms with Crippen molar-refractivity contribution in [3.63, 3.8) is 0 Å². The van der Waals surface area contributed by atoms with Gasteiger partial charge in [-0.05, 0) is 66.8 Å². The van der Waals surface area contributed by atoms with Gasteiger partial charge in [0.15, 0.2) is 0 Å². The lowest BCUT2D eigenvalue weighted by molar-refractivity contribution is 0.474. The first-order chi connectivity index (χ1) is 13.8. The Morgan fingerprint density at radius 1 is 0.750 bits per heavy atom. The molecule has 3 aromatic rings. The molecule has 0 spiro atoms. The SMILES string of the molecule is Oc1ccc(N=Nc2ccccc2)cc1C=Nc1ccc(C2CCCC2)cc1. The molecule has 0 amide bonds. The van der Waals surface area contributed by atoms with Crippen LogP contribution in [0.4, 0.5) is 17.1 Å². The Kier molecular flexibility index (Phi) is 5.57. The lowest BCUT2D eigenvalue weighted by Gasteiger charge is -2.08. The number of aromatic hydroxyl groups is 1. The lowest BCUT2D eigenvalue weighted by Crippen LogP contribution is -1.90. The van der Waals surface area contributed by atoms with Crippen molar-refractivity contribution in [2.24, 2.45) is 15.2 Å². The zero-order valence-electron chi connectivity index (χ0n) is 15.7. The van der Waals surface area contributed by atoms with Gasteiger partial charge in [0.1, 0.15) is 5.75 Å². The van der Waals surface area contributed by atoms with Gasteiger partial charge in [0, 0.05) is 11.8 Å². The van der Waals surface area contributed by atoms with Gasteiger partial charge in [-0.15, -0.1) is 0 Å². The topological polar surface area (TPSA) is 57.3 Å². The highest BCUT2D eigenvalue weighted by atomic mass is 16.3. The first-order valence-electron chi connectivity index (χ1n) is 9.72. The Morgan fingerprint density at radius 2 is 1.43 bits per heavy atom. The highest BCUT2D eigenvalue weighted by Crippen LogP contribution is 2.34. The summed E-state index contributed by atoms with van der Waals surface area (Å²) in [5.41, 5.74) is 4.34. The van der Waals surface area contributed by atoms with Crippen LogP contribution >= 0.6 is 0 Å². The molecule has 28 heavy (non-hydrogen) atoms. The number of phenolic OH excluding ortho intramolecular Hbond substituents is 1. The second-order valence-electron chi connectivity index (χ2n) is 7.11. The molecule has 1 saturated carbocycles. The molecule has 1 aliphatic carbocycles. The Balaban J connectivity index is 1.48. The maximum absolute atomic E-state index is 10.1. The van der Waals surface area contributed by atoms with Gasteiger partial charge in [-0.1, -0.05) is 43.2 Å². The number of nitrogens with zero attached hydrogens (tertiary/aromatic N) is 3. The third-order valence-electron chi connectivity index (χ3n) is 5.12. The van der Waals surface area contributed by atoms with E-state index in [-0.39, 0.29) is 5.75 Å². The van der Waals surface area contributed by atoms with Crippen LogP contribution in [0.2, 0.25) is 0 Å². The fourth-order valence-corrected chi connectivity index (χ4v) is 3.55. The summed E-state index contributed by atoms with van der Waals surface area (Å²) < 4.78 is 0. The molecule has 0 unspecified atom stereocenters. The lowest BCUT2D eigenvalue weighted by atomic mass is 9.98. The van der Waals surface area contributed by atoms with Crippen molar-refractivity contribution in [2.75, 3.05) is 0 Å². The maximum Gasteiger partial charge on any atom is 0.124 e. The molecule has 4 heteroatoms. The van der Waals surface area contributed by atoms with Crippen LogP contribution in [-0.2, 0) is 0 Å². The highest BCUT2D eigenvalue weighted by molar-refractivity contribution is 5.86. The normalized spacial score (nSPS) is 15.0. The zero-order valence-corrected chi connectivity index (χ0v) is 15.7. The fraction of sp³-hybridized carbons (Fsp3) is 0.208.